The number of halogens is 1. The second-order valence-corrected chi connectivity index (χ2v) is 6.16. The molecular formula is C14H22BrN3O2. The van der Waals surface area contributed by atoms with Gasteiger partial charge in [-0.3, -0.25) is 0 Å². The van der Waals surface area contributed by atoms with Gasteiger partial charge in [0.15, 0.2) is 0 Å². The van der Waals surface area contributed by atoms with Gasteiger partial charge >= 0.3 is 0 Å². The lowest BCUT2D eigenvalue weighted by Gasteiger charge is -2.22. The van der Waals surface area contributed by atoms with E-state index >= 15 is 0 Å². The van der Waals surface area contributed by atoms with Crippen molar-refractivity contribution in [2.75, 3.05) is 19.0 Å². The largest absolute Gasteiger partial charge is 0.495 e. The summed E-state index contributed by atoms with van der Waals surface area (Å²) in [5.41, 5.74) is 6.30. The van der Waals surface area contributed by atoms with E-state index < -0.39 is 0 Å². The number of amidine groups is 1. The zero-order valence-electron chi connectivity index (χ0n) is 12.1. The van der Waals surface area contributed by atoms with E-state index in [-0.39, 0.29) is 11.3 Å². The summed E-state index contributed by atoms with van der Waals surface area (Å²) in [6.07, 6.45) is 1.73. The molecule has 0 bridgehead atoms. The number of anilines is 1. The molecule has 112 valence electrons. The van der Waals surface area contributed by atoms with Gasteiger partial charge in [0.1, 0.15) is 11.6 Å². The van der Waals surface area contributed by atoms with Crippen molar-refractivity contribution in [3.05, 3.63) is 22.7 Å². The van der Waals surface area contributed by atoms with Gasteiger partial charge in [0.05, 0.1) is 12.8 Å². The number of ether oxygens (including phenoxy) is 1. The fraction of sp³-hybridized carbons (Fsp3) is 0.500. The molecule has 1 aromatic rings. The van der Waals surface area contributed by atoms with Crippen molar-refractivity contribution in [2.45, 2.75) is 26.7 Å². The summed E-state index contributed by atoms with van der Waals surface area (Å²) in [6.45, 7) is 4.71. The zero-order chi connectivity index (χ0) is 15.2. The Morgan fingerprint density at radius 2 is 2.20 bits per heavy atom. The number of oxime groups is 1. The van der Waals surface area contributed by atoms with Gasteiger partial charge in [-0.2, -0.15) is 0 Å². The predicted molar refractivity (Wildman–Crippen MR) is 85.6 cm³/mol. The molecule has 6 heteroatoms. The standard InChI is InChI=1S/C14H22BrN3O2/c1-14(2,13(16)18-19)7-4-8-17-11-9-10(15)5-6-12(11)20-3/h5-6,9,17,19H,4,7-8H2,1-3H3,(H2,16,18). The molecule has 0 heterocycles. The number of hydrogen-bond donors (Lipinski definition) is 3. The summed E-state index contributed by atoms with van der Waals surface area (Å²) >= 11 is 3.44. The van der Waals surface area contributed by atoms with Crippen LogP contribution in [0.4, 0.5) is 5.69 Å². The highest BCUT2D eigenvalue weighted by Crippen LogP contribution is 2.28. The molecule has 5 nitrogen and oxygen atoms in total. The van der Waals surface area contributed by atoms with Crippen molar-refractivity contribution < 1.29 is 9.94 Å². The third kappa shape index (κ3) is 4.59. The molecule has 0 unspecified atom stereocenters. The monoisotopic (exact) mass is 343 g/mol. The van der Waals surface area contributed by atoms with E-state index in [1.807, 2.05) is 32.0 Å². The molecule has 0 atom stereocenters. The molecular weight excluding hydrogens is 322 g/mol. The van der Waals surface area contributed by atoms with Crippen LogP contribution in [0.25, 0.3) is 0 Å². The Bertz CT molecular complexity index is 475. The molecule has 0 saturated heterocycles. The van der Waals surface area contributed by atoms with Gasteiger partial charge in [-0.1, -0.05) is 34.9 Å². The molecule has 4 N–H and O–H groups in total. The van der Waals surface area contributed by atoms with Crippen LogP contribution in [0.1, 0.15) is 26.7 Å². The van der Waals surface area contributed by atoms with Crippen molar-refractivity contribution in [3.8, 4) is 5.75 Å². The van der Waals surface area contributed by atoms with Gasteiger partial charge in [0.2, 0.25) is 0 Å². The Morgan fingerprint density at radius 1 is 1.50 bits per heavy atom. The highest BCUT2D eigenvalue weighted by atomic mass is 79.9. The lowest BCUT2D eigenvalue weighted by molar-refractivity contribution is 0.305. The van der Waals surface area contributed by atoms with Crippen LogP contribution >= 0.6 is 15.9 Å². The average molecular weight is 344 g/mol. The Labute approximate surface area is 128 Å². The first-order valence-corrected chi connectivity index (χ1v) is 7.25. The first-order chi connectivity index (χ1) is 9.40. The second kappa shape index (κ2) is 7.38. The van der Waals surface area contributed by atoms with Crippen molar-refractivity contribution in [2.24, 2.45) is 16.3 Å². The summed E-state index contributed by atoms with van der Waals surface area (Å²) in [5, 5.41) is 15.1. The van der Waals surface area contributed by atoms with E-state index in [2.05, 4.69) is 26.4 Å². The molecule has 0 aliphatic carbocycles. The van der Waals surface area contributed by atoms with Gasteiger partial charge in [0.25, 0.3) is 0 Å². The number of methoxy groups -OCH3 is 1. The van der Waals surface area contributed by atoms with Crippen LogP contribution in [0.2, 0.25) is 0 Å². The van der Waals surface area contributed by atoms with Gasteiger partial charge in [-0.15, -0.1) is 0 Å². The summed E-state index contributed by atoms with van der Waals surface area (Å²) in [5.74, 6) is 1.07. The highest BCUT2D eigenvalue weighted by molar-refractivity contribution is 9.10. The lowest BCUT2D eigenvalue weighted by Crippen LogP contribution is -2.32. The predicted octanol–water partition coefficient (Wildman–Crippen LogP) is 3.42. The fourth-order valence-electron chi connectivity index (χ4n) is 1.84. The number of rotatable bonds is 7. The number of nitrogens with two attached hydrogens (primary N) is 1. The molecule has 0 aromatic heterocycles. The molecule has 1 rings (SSSR count). The Hall–Kier alpha value is -1.43. The first kappa shape index (κ1) is 16.6. The highest BCUT2D eigenvalue weighted by Gasteiger charge is 2.22. The molecule has 0 aliphatic rings. The third-order valence-corrected chi connectivity index (χ3v) is 3.75. The topological polar surface area (TPSA) is 79.9 Å². The lowest BCUT2D eigenvalue weighted by atomic mass is 9.86. The summed E-state index contributed by atoms with van der Waals surface area (Å²) in [7, 11) is 1.65. The second-order valence-electron chi connectivity index (χ2n) is 5.24. The van der Waals surface area contributed by atoms with Crippen LogP contribution in [-0.2, 0) is 0 Å². The number of benzene rings is 1. The van der Waals surface area contributed by atoms with Crippen molar-refractivity contribution in [1.29, 1.82) is 0 Å². The summed E-state index contributed by atoms with van der Waals surface area (Å²) < 4.78 is 6.30. The van der Waals surface area contributed by atoms with Crippen LogP contribution in [-0.4, -0.2) is 24.7 Å². The number of hydrogen-bond acceptors (Lipinski definition) is 4. The summed E-state index contributed by atoms with van der Waals surface area (Å²) in [4.78, 5) is 0. The van der Waals surface area contributed by atoms with E-state index in [0.29, 0.717) is 0 Å². The normalized spacial score (nSPS) is 12.3. The molecule has 1 aromatic carbocycles. The molecule has 20 heavy (non-hydrogen) atoms. The first-order valence-electron chi connectivity index (χ1n) is 6.46. The van der Waals surface area contributed by atoms with Crippen LogP contribution < -0.4 is 15.8 Å². The van der Waals surface area contributed by atoms with Crippen LogP contribution in [0.5, 0.6) is 5.75 Å². The summed E-state index contributed by atoms with van der Waals surface area (Å²) in [6, 6.07) is 5.83. The molecule has 0 amide bonds. The molecule has 0 radical (unpaired) electrons. The van der Waals surface area contributed by atoms with Crippen molar-refractivity contribution in [1.82, 2.24) is 0 Å². The minimum Gasteiger partial charge on any atom is -0.495 e. The van der Waals surface area contributed by atoms with Crippen LogP contribution in [0.15, 0.2) is 27.8 Å². The quantitative estimate of drug-likeness (QED) is 0.233. The molecule has 0 fully saturated rings. The van der Waals surface area contributed by atoms with E-state index in [1.165, 1.54) is 0 Å². The smallest absolute Gasteiger partial charge is 0.144 e. The maximum atomic E-state index is 8.73. The average Bonchev–Trinajstić information content (AvgIpc) is 2.42. The molecule has 0 aliphatic heterocycles. The number of nitrogens with zero attached hydrogens (tertiary/aromatic N) is 1. The molecule has 0 spiro atoms. The Balaban J connectivity index is 2.51. The zero-order valence-corrected chi connectivity index (χ0v) is 13.7. The van der Waals surface area contributed by atoms with Crippen molar-refractivity contribution >= 4 is 27.5 Å². The van der Waals surface area contributed by atoms with E-state index in [1.54, 1.807) is 7.11 Å². The fourth-order valence-corrected chi connectivity index (χ4v) is 2.20. The Morgan fingerprint density at radius 3 is 2.80 bits per heavy atom. The van der Waals surface area contributed by atoms with Gasteiger partial charge < -0.3 is 21.0 Å². The van der Waals surface area contributed by atoms with Crippen molar-refractivity contribution in [3.63, 3.8) is 0 Å². The maximum absolute atomic E-state index is 8.73. The third-order valence-electron chi connectivity index (χ3n) is 3.26. The molecule has 0 saturated carbocycles. The van der Waals surface area contributed by atoms with Gasteiger partial charge in [0, 0.05) is 16.4 Å². The van der Waals surface area contributed by atoms with E-state index in [0.717, 1.165) is 35.3 Å². The van der Waals surface area contributed by atoms with Gasteiger partial charge in [-0.05, 0) is 31.0 Å². The SMILES string of the molecule is COc1ccc(Br)cc1NCCCC(C)(C)C(N)=NO. The Kier molecular flexibility index (Phi) is 6.13. The number of nitrogens with one attached hydrogen (secondary N) is 1. The van der Waals surface area contributed by atoms with Crippen LogP contribution in [0.3, 0.4) is 0 Å². The maximum Gasteiger partial charge on any atom is 0.144 e. The van der Waals surface area contributed by atoms with E-state index in [4.69, 9.17) is 15.7 Å². The van der Waals surface area contributed by atoms with Crippen LogP contribution in [0, 0.1) is 5.41 Å². The van der Waals surface area contributed by atoms with Gasteiger partial charge in [-0.25, -0.2) is 0 Å². The minimum absolute atomic E-state index is 0.262. The van der Waals surface area contributed by atoms with E-state index in [9.17, 15) is 0 Å². The minimum atomic E-state index is -0.308.